The lowest BCUT2D eigenvalue weighted by molar-refractivity contribution is -0.122. The zero-order chi connectivity index (χ0) is 12.4. The van der Waals surface area contributed by atoms with Crippen molar-refractivity contribution in [3.63, 3.8) is 0 Å². The predicted molar refractivity (Wildman–Crippen MR) is 81.9 cm³/mol. The lowest BCUT2D eigenvalue weighted by Gasteiger charge is -2.10. The fourth-order valence-electron chi connectivity index (χ4n) is 2.38. The molecule has 0 saturated carbocycles. The van der Waals surface area contributed by atoms with Crippen molar-refractivity contribution < 1.29 is 4.79 Å². The summed E-state index contributed by atoms with van der Waals surface area (Å²) in [5.41, 5.74) is 1.21. The first-order valence-electron chi connectivity index (χ1n) is 6.31. The summed E-state index contributed by atoms with van der Waals surface area (Å²) in [5.74, 6) is 0.128. The van der Waals surface area contributed by atoms with E-state index in [1.165, 1.54) is 15.6 Å². The van der Waals surface area contributed by atoms with Crippen LogP contribution in [0.2, 0.25) is 0 Å². The van der Waals surface area contributed by atoms with Gasteiger partial charge in [-0.1, -0.05) is 18.2 Å². The zero-order valence-electron chi connectivity index (χ0n) is 10.5. The Labute approximate surface area is 122 Å². The summed E-state index contributed by atoms with van der Waals surface area (Å²) in [4.78, 5) is 11.9. The second-order valence-corrected chi connectivity index (χ2v) is 5.54. The number of halogens is 1. The minimum atomic E-state index is 0. The number of rotatable bonds is 3. The van der Waals surface area contributed by atoms with Crippen LogP contribution in [0.25, 0.3) is 10.1 Å². The summed E-state index contributed by atoms with van der Waals surface area (Å²) in [6.07, 6.45) is 2.05. The molecule has 2 heterocycles. The number of fused-ring (bicyclic) bond motifs is 1. The van der Waals surface area contributed by atoms with E-state index < -0.39 is 0 Å². The van der Waals surface area contributed by atoms with Gasteiger partial charge in [-0.3, -0.25) is 4.79 Å². The van der Waals surface area contributed by atoms with Crippen LogP contribution in [0.1, 0.15) is 18.4 Å². The number of amides is 1. The number of benzene rings is 1. The van der Waals surface area contributed by atoms with Gasteiger partial charge in [0, 0.05) is 11.2 Å². The Kier molecular flexibility index (Phi) is 4.80. The molecule has 0 radical (unpaired) electrons. The molecule has 1 fully saturated rings. The van der Waals surface area contributed by atoms with Crippen molar-refractivity contribution in [1.82, 2.24) is 10.6 Å². The van der Waals surface area contributed by atoms with Crippen molar-refractivity contribution in [2.24, 2.45) is 0 Å². The van der Waals surface area contributed by atoms with E-state index in [1.807, 2.05) is 12.1 Å². The molecule has 1 unspecified atom stereocenters. The molecule has 1 aromatic heterocycles. The van der Waals surface area contributed by atoms with Gasteiger partial charge in [0.05, 0.1) is 6.04 Å². The van der Waals surface area contributed by atoms with Crippen LogP contribution < -0.4 is 10.6 Å². The third kappa shape index (κ3) is 3.08. The summed E-state index contributed by atoms with van der Waals surface area (Å²) >= 11 is 1.73. The van der Waals surface area contributed by atoms with E-state index >= 15 is 0 Å². The molecule has 0 bridgehead atoms. The predicted octanol–water partition coefficient (Wildman–Crippen LogP) is 2.69. The van der Waals surface area contributed by atoms with Gasteiger partial charge in [-0.05, 0) is 41.8 Å². The number of hydrogen-bond acceptors (Lipinski definition) is 3. The molecule has 3 rings (SSSR count). The van der Waals surface area contributed by atoms with Gasteiger partial charge in [-0.15, -0.1) is 23.7 Å². The van der Waals surface area contributed by atoms with E-state index in [2.05, 4.69) is 28.1 Å². The molecule has 2 N–H and O–H groups in total. The first-order chi connectivity index (χ1) is 8.84. The van der Waals surface area contributed by atoms with Crippen molar-refractivity contribution in [2.75, 3.05) is 6.54 Å². The van der Waals surface area contributed by atoms with E-state index in [0.717, 1.165) is 19.4 Å². The van der Waals surface area contributed by atoms with Gasteiger partial charge < -0.3 is 10.6 Å². The molecule has 0 aliphatic carbocycles. The molecule has 1 atom stereocenters. The quantitative estimate of drug-likeness (QED) is 0.914. The van der Waals surface area contributed by atoms with Crippen molar-refractivity contribution in [2.45, 2.75) is 25.4 Å². The van der Waals surface area contributed by atoms with Crippen LogP contribution in [0.4, 0.5) is 0 Å². The first kappa shape index (κ1) is 14.3. The smallest absolute Gasteiger partial charge is 0.237 e. The molecular formula is C14H17ClN2OS. The van der Waals surface area contributed by atoms with Crippen LogP contribution in [-0.4, -0.2) is 18.5 Å². The van der Waals surface area contributed by atoms with Crippen molar-refractivity contribution in [3.8, 4) is 0 Å². The van der Waals surface area contributed by atoms with E-state index in [1.54, 1.807) is 11.3 Å². The topological polar surface area (TPSA) is 41.1 Å². The Morgan fingerprint density at radius 2 is 2.26 bits per heavy atom. The van der Waals surface area contributed by atoms with E-state index in [4.69, 9.17) is 0 Å². The molecule has 102 valence electrons. The Bertz CT molecular complexity index is 563. The molecule has 1 aromatic carbocycles. The van der Waals surface area contributed by atoms with Gasteiger partial charge in [0.25, 0.3) is 0 Å². The van der Waals surface area contributed by atoms with Crippen LogP contribution in [0.5, 0.6) is 0 Å². The molecule has 2 aromatic rings. The van der Waals surface area contributed by atoms with Gasteiger partial charge in [-0.25, -0.2) is 0 Å². The van der Waals surface area contributed by atoms with E-state index in [9.17, 15) is 4.79 Å². The number of carbonyl (C=O) groups excluding carboxylic acids is 1. The number of hydrogen-bond donors (Lipinski definition) is 2. The average Bonchev–Trinajstić information content (AvgIpc) is 3.06. The van der Waals surface area contributed by atoms with Crippen LogP contribution in [0.15, 0.2) is 29.6 Å². The maximum Gasteiger partial charge on any atom is 0.237 e. The highest BCUT2D eigenvalue weighted by Gasteiger charge is 2.21. The summed E-state index contributed by atoms with van der Waals surface area (Å²) in [5, 5.41) is 9.62. The van der Waals surface area contributed by atoms with Crippen LogP contribution in [-0.2, 0) is 11.3 Å². The van der Waals surface area contributed by atoms with Crippen LogP contribution in [0, 0.1) is 0 Å². The van der Waals surface area contributed by atoms with Gasteiger partial charge in [0.1, 0.15) is 0 Å². The van der Waals surface area contributed by atoms with Gasteiger partial charge >= 0.3 is 0 Å². The summed E-state index contributed by atoms with van der Waals surface area (Å²) < 4.78 is 1.28. The summed E-state index contributed by atoms with van der Waals surface area (Å²) in [7, 11) is 0. The second kappa shape index (κ2) is 6.37. The molecule has 5 heteroatoms. The normalized spacial score (nSPS) is 18.2. The van der Waals surface area contributed by atoms with Gasteiger partial charge in [0.2, 0.25) is 5.91 Å². The average molecular weight is 297 g/mol. The maximum absolute atomic E-state index is 11.9. The Morgan fingerprint density at radius 3 is 3.05 bits per heavy atom. The molecule has 3 nitrogen and oxygen atoms in total. The monoisotopic (exact) mass is 296 g/mol. The number of nitrogens with one attached hydrogen (secondary N) is 2. The minimum Gasteiger partial charge on any atom is -0.351 e. The number of thiophene rings is 1. The van der Waals surface area contributed by atoms with Crippen LogP contribution >= 0.6 is 23.7 Å². The standard InChI is InChI=1S/C14H16N2OS.ClH/c17-14(12-5-3-7-15-12)16-8-10-9-18-13-6-2-1-4-11(10)13;/h1-2,4,6,9,12,15H,3,5,7-8H2,(H,16,17);1H. The van der Waals surface area contributed by atoms with Gasteiger partial charge in [0.15, 0.2) is 0 Å². The highest BCUT2D eigenvalue weighted by Crippen LogP contribution is 2.25. The third-order valence-corrected chi connectivity index (χ3v) is 4.40. The fourth-order valence-corrected chi connectivity index (χ4v) is 3.35. The largest absolute Gasteiger partial charge is 0.351 e. The van der Waals surface area contributed by atoms with E-state index in [0.29, 0.717) is 6.54 Å². The Balaban J connectivity index is 0.00000133. The number of carbonyl (C=O) groups is 1. The molecule has 1 saturated heterocycles. The molecule has 19 heavy (non-hydrogen) atoms. The molecule has 0 spiro atoms. The van der Waals surface area contributed by atoms with Gasteiger partial charge in [-0.2, -0.15) is 0 Å². The molecule has 1 aliphatic rings. The minimum absolute atomic E-state index is 0. The molecular weight excluding hydrogens is 280 g/mol. The summed E-state index contributed by atoms with van der Waals surface area (Å²) in [6.45, 7) is 1.58. The Morgan fingerprint density at radius 1 is 1.42 bits per heavy atom. The van der Waals surface area contributed by atoms with Crippen molar-refractivity contribution >= 4 is 39.7 Å². The van der Waals surface area contributed by atoms with Crippen molar-refractivity contribution in [1.29, 1.82) is 0 Å². The molecule has 1 amide bonds. The second-order valence-electron chi connectivity index (χ2n) is 4.62. The maximum atomic E-state index is 11.9. The SMILES string of the molecule is Cl.O=C(NCc1csc2ccccc12)C1CCCN1. The zero-order valence-corrected chi connectivity index (χ0v) is 12.2. The van der Waals surface area contributed by atoms with Crippen molar-refractivity contribution in [3.05, 3.63) is 35.2 Å². The summed E-state index contributed by atoms with van der Waals surface area (Å²) in [6, 6.07) is 8.32. The fraction of sp³-hybridized carbons (Fsp3) is 0.357. The van der Waals surface area contributed by atoms with E-state index in [-0.39, 0.29) is 24.4 Å². The Hall–Kier alpha value is -1.10. The van der Waals surface area contributed by atoms with Crippen LogP contribution in [0.3, 0.4) is 0 Å². The lowest BCUT2D eigenvalue weighted by atomic mass is 10.1. The first-order valence-corrected chi connectivity index (χ1v) is 7.19. The molecule has 1 aliphatic heterocycles. The highest BCUT2D eigenvalue weighted by molar-refractivity contribution is 7.17. The highest BCUT2D eigenvalue weighted by atomic mass is 35.5. The lowest BCUT2D eigenvalue weighted by Crippen LogP contribution is -2.39. The third-order valence-electron chi connectivity index (χ3n) is 3.39.